The third-order valence-electron chi connectivity index (χ3n) is 6.57. The van der Waals surface area contributed by atoms with E-state index in [4.69, 9.17) is 9.47 Å². The lowest BCUT2D eigenvalue weighted by Gasteiger charge is -2.37. The monoisotopic (exact) mass is 377 g/mol. The maximum Gasteiger partial charge on any atom is 0.224 e. The molecule has 1 amide bonds. The minimum atomic E-state index is -0.502. The number of benzene rings is 2. The first kappa shape index (κ1) is 17.3. The van der Waals surface area contributed by atoms with Crippen molar-refractivity contribution in [3.63, 3.8) is 0 Å². The Morgan fingerprint density at radius 3 is 2.79 bits per heavy atom. The Hall–Kier alpha value is -2.82. The molecule has 1 spiro atoms. The van der Waals surface area contributed by atoms with Crippen molar-refractivity contribution in [1.29, 1.82) is 0 Å². The van der Waals surface area contributed by atoms with Crippen LogP contribution in [0.5, 0.6) is 11.5 Å². The van der Waals surface area contributed by atoms with Crippen LogP contribution in [-0.4, -0.2) is 24.4 Å². The van der Waals surface area contributed by atoms with E-state index in [9.17, 15) is 9.59 Å². The molecular formula is C23H23NO4. The van der Waals surface area contributed by atoms with E-state index in [2.05, 4.69) is 5.32 Å². The van der Waals surface area contributed by atoms with Gasteiger partial charge in [0, 0.05) is 18.4 Å². The van der Waals surface area contributed by atoms with E-state index in [0.29, 0.717) is 30.2 Å². The SMILES string of the molecule is COc1ccc(CNC(=O)[C@@H]2[C@@H]3CC[C@@]4(CC(=O)c5ccccc5O4)[C@@H]32)cc1. The number of para-hydroxylation sites is 1. The molecule has 1 N–H and O–H groups in total. The van der Waals surface area contributed by atoms with Crippen LogP contribution in [0.1, 0.15) is 35.2 Å². The number of rotatable bonds is 4. The summed E-state index contributed by atoms with van der Waals surface area (Å²) in [6, 6.07) is 15.1. The second kappa shape index (κ2) is 6.36. The Morgan fingerprint density at radius 1 is 1.21 bits per heavy atom. The van der Waals surface area contributed by atoms with E-state index in [0.717, 1.165) is 24.2 Å². The Kier molecular flexibility index (Phi) is 3.93. The van der Waals surface area contributed by atoms with Gasteiger partial charge in [0.25, 0.3) is 0 Å². The number of nitrogens with one attached hydrogen (secondary N) is 1. The van der Waals surface area contributed by atoms with Gasteiger partial charge in [-0.25, -0.2) is 0 Å². The minimum Gasteiger partial charge on any atom is -0.497 e. The zero-order valence-electron chi connectivity index (χ0n) is 15.8. The quantitative estimate of drug-likeness (QED) is 0.887. The molecule has 3 aliphatic rings. The van der Waals surface area contributed by atoms with Crippen LogP contribution in [0, 0.1) is 17.8 Å². The fourth-order valence-corrected chi connectivity index (χ4v) is 5.17. The molecule has 5 heteroatoms. The number of ether oxygens (including phenoxy) is 2. The average molecular weight is 377 g/mol. The van der Waals surface area contributed by atoms with Crippen molar-refractivity contribution in [2.45, 2.75) is 31.4 Å². The van der Waals surface area contributed by atoms with E-state index in [1.54, 1.807) is 7.11 Å². The van der Waals surface area contributed by atoms with E-state index < -0.39 is 5.60 Å². The lowest BCUT2D eigenvalue weighted by Crippen LogP contribution is -2.44. The smallest absolute Gasteiger partial charge is 0.224 e. The molecule has 1 aliphatic heterocycles. The van der Waals surface area contributed by atoms with Crippen molar-refractivity contribution < 1.29 is 19.1 Å². The molecular weight excluding hydrogens is 354 g/mol. The Bertz CT molecular complexity index is 938. The lowest BCUT2D eigenvalue weighted by molar-refractivity contribution is -0.124. The standard InChI is InChI=1S/C23H23NO4/c1-27-15-8-6-14(7-9-15)13-24-22(26)20-17-10-11-23(21(17)20)12-18(25)16-4-2-3-5-19(16)28-23/h2-9,17,20-21H,10-13H2,1H3,(H,24,26)/t17-,20+,21-,23+/m0/s1. The number of hydrogen-bond acceptors (Lipinski definition) is 4. The topological polar surface area (TPSA) is 64.6 Å². The van der Waals surface area contributed by atoms with Gasteiger partial charge in [-0.15, -0.1) is 0 Å². The second-order valence-electron chi connectivity index (χ2n) is 8.08. The van der Waals surface area contributed by atoms with Crippen molar-refractivity contribution in [1.82, 2.24) is 5.32 Å². The Balaban J connectivity index is 1.27. The number of methoxy groups -OCH3 is 1. The number of ketones is 1. The highest BCUT2D eigenvalue weighted by atomic mass is 16.5. The molecule has 28 heavy (non-hydrogen) atoms. The van der Waals surface area contributed by atoms with E-state index in [1.165, 1.54) is 0 Å². The fourth-order valence-electron chi connectivity index (χ4n) is 5.17. The molecule has 0 aromatic heterocycles. The Morgan fingerprint density at radius 2 is 2.00 bits per heavy atom. The number of hydrogen-bond donors (Lipinski definition) is 1. The van der Waals surface area contributed by atoms with Crippen molar-refractivity contribution in [3.05, 3.63) is 59.7 Å². The van der Waals surface area contributed by atoms with Crippen molar-refractivity contribution in [2.24, 2.45) is 17.8 Å². The van der Waals surface area contributed by atoms with Gasteiger partial charge in [-0.1, -0.05) is 24.3 Å². The highest BCUT2D eigenvalue weighted by molar-refractivity contribution is 6.00. The third-order valence-corrected chi connectivity index (χ3v) is 6.57. The minimum absolute atomic E-state index is 0.0509. The molecule has 2 fully saturated rings. The summed E-state index contributed by atoms with van der Waals surface area (Å²) >= 11 is 0. The molecule has 2 aliphatic carbocycles. The number of carbonyl (C=O) groups excluding carboxylic acids is 2. The van der Waals surface area contributed by atoms with Gasteiger partial charge in [-0.3, -0.25) is 9.59 Å². The van der Waals surface area contributed by atoms with Crippen LogP contribution < -0.4 is 14.8 Å². The predicted molar refractivity (Wildman–Crippen MR) is 103 cm³/mol. The molecule has 5 rings (SSSR count). The van der Waals surface area contributed by atoms with E-state index in [1.807, 2.05) is 48.5 Å². The molecule has 1 heterocycles. The molecule has 144 valence electrons. The summed E-state index contributed by atoms with van der Waals surface area (Å²) in [6.45, 7) is 0.494. The summed E-state index contributed by atoms with van der Waals surface area (Å²) in [6.07, 6.45) is 2.18. The average Bonchev–Trinajstić information content (AvgIpc) is 3.37. The van der Waals surface area contributed by atoms with Gasteiger partial charge >= 0.3 is 0 Å². The summed E-state index contributed by atoms with van der Waals surface area (Å²) in [4.78, 5) is 25.5. The van der Waals surface area contributed by atoms with Crippen LogP contribution in [0.15, 0.2) is 48.5 Å². The zero-order valence-corrected chi connectivity index (χ0v) is 15.8. The third kappa shape index (κ3) is 2.68. The summed E-state index contributed by atoms with van der Waals surface area (Å²) in [5.41, 5.74) is 1.20. The van der Waals surface area contributed by atoms with Crippen molar-refractivity contribution in [2.75, 3.05) is 7.11 Å². The summed E-state index contributed by atoms with van der Waals surface area (Å²) < 4.78 is 11.5. The van der Waals surface area contributed by atoms with Gasteiger partial charge in [0.15, 0.2) is 5.78 Å². The molecule has 0 saturated heterocycles. The Labute approximate surface area is 164 Å². The van der Waals surface area contributed by atoms with E-state index >= 15 is 0 Å². The first-order valence-electron chi connectivity index (χ1n) is 9.83. The first-order chi connectivity index (χ1) is 13.6. The number of carbonyl (C=O) groups is 2. The zero-order chi connectivity index (χ0) is 19.3. The molecule has 0 unspecified atom stereocenters. The highest BCUT2D eigenvalue weighted by Gasteiger charge is 2.70. The van der Waals surface area contributed by atoms with Crippen LogP contribution >= 0.6 is 0 Å². The molecule has 0 bridgehead atoms. The molecule has 2 aromatic carbocycles. The number of fused-ring (bicyclic) bond motifs is 3. The number of Topliss-reactive ketones (excluding diaryl/α,β-unsaturated/α-hetero) is 1. The van der Waals surface area contributed by atoms with Gasteiger partial charge in [0.2, 0.25) is 5.91 Å². The van der Waals surface area contributed by atoms with Crippen LogP contribution in [0.25, 0.3) is 0 Å². The van der Waals surface area contributed by atoms with Crippen LogP contribution in [0.2, 0.25) is 0 Å². The van der Waals surface area contributed by atoms with Crippen LogP contribution in [-0.2, 0) is 11.3 Å². The van der Waals surface area contributed by atoms with Crippen LogP contribution in [0.3, 0.4) is 0 Å². The number of amides is 1. The highest BCUT2D eigenvalue weighted by Crippen LogP contribution is 2.65. The molecule has 2 aromatic rings. The van der Waals surface area contributed by atoms with Crippen LogP contribution in [0.4, 0.5) is 0 Å². The largest absolute Gasteiger partial charge is 0.497 e. The maximum absolute atomic E-state index is 12.8. The van der Waals surface area contributed by atoms with Gasteiger partial charge in [0.1, 0.15) is 17.1 Å². The summed E-state index contributed by atoms with van der Waals surface area (Å²) in [7, 11) is 1.63. The van der Waals surface area contributed by atoms with Crippen molar-refractivity contribution >= 4 is 11.7 Å². The lowest BCUT2D eigenvalue weighted by atomic mass is 9.84. The summed E-state index contributed by atoms with van der Waals surface area (Å²) in [5.74, 6) is 2.09. The second-order valence-corrected chi connectivity index (χ2v) is 8.08. The van der Waals surface area contributed by atoms with Gasteiger partial charge < -0.3 is 14.8 Å². The molecule has 5 nitrogen and oxygen atoms in total. The predicted octanol–water partition coefficient (Wildman–Crippen LogP) is 3.37. The molecule has 2 saturated carbocycles. The molecule has 0 radical (unpaired) electrons. The van der Waals surface area contributed by atoms with E-state index in [-0.39, 0.29) is 23.5 Å². The maximum atomic E-state index is 12.8. The normalized spacial score (nSPS) is 29.6. The fraction of sp³-hybridized carbons (Fsp3) is 0.391. The van der Waals surface area contributed by atoms with Gasteiger partial charge in [0.05, 0.1) is 19.1 Å². The van der Waals surface area contributed by atoms with Gasteiger partial charge in [-0.05, 0) is 48.6 Å². The molecule has 4 atom stereocenters. The summed E-state index contributed by atoms with van der Waals surface area (Å²) in [5, 5.41) is 3.06. The van der Waals surface area contributed by atoms with Crippen molar-refractivity contribution in [3.8, 4) is 11.5 Å². The first-order valence-corrected chi connectivity index (χ1v) is 9.83. The van der Waals surface area contributed by atoms with Gasteiger partial charge in [-0.2, -0.15) is 0 Å².